The fraction of sp³-hybridized carbons (Fsp3) is 0.0769. The highest BCUT2D eigenvalue weighted by molar-refractivity contribution is 5.38. The summed E-state index contributed by atoms with van der Waals surface area (Å²) in [6, 6.07) is 12.9. The van der Waals surface area contributed by atoms with E-state index in [1.807, 2.05) is 0 Å². The molecule has 0 heterocycles. The first kappa shape index (κ1) is 10.5. The molecule has 82 valence electrons. The van der Waals surface area contributed by atoms with E-state index in [2.05, 4.69) is 0 Å². The third kappa shape index (κ3) is 2.51. The number of phenols is 1. The lowest BCUT2D eigenvalue weighted by Crippen LogP contribution is -1.95. The van der Waals surface area contributed by atoms with Gasteiger partial charge in [-0.2, -0.15) is 0 Å². The van der Waals surface area contributed by atoms with Crippen molar-refractivity contribution >= 4 is 0 Å². The van der Waals surface area contributed by atoms with Gasteiger partial charge in [-0.05, 0) is 29.8 Å². The molecule has 2 aromatic rings. The minimum atomic E-state index is -0.293. The van der Waals surface area contributed by atoms with Gasteiger partial charge in [-0.15, -0.1) is 0 Å². The Hall–Kier alpha value is -2.03. The zero-order valence-corrected chi connectivity index (χ0v) is 8.56. The van der Waals surface area contributed by atoms with Crippen molar-refractivity contribution in [3.63, 3.8) is 0 Å². The molecule has 0 aliphatic heterocycles. The Morgan fingerprint density at radius 2 is 1.88 bits per heavy atom. The van der Waals surface area contributed by atoms with Crippen LogP contribution < -0.4 is 4.74 Å². The van der Waals surface area contributed by atoms with Gasteiger partial charge >= 0.3 is 0 Å². The zero-order valence-electron chi connectivity index (χ0n) is 8.56. The van der Waals surface area contributed by atoms with Gasteiger partial charge < -0.3 is 9.84 Å². The molecular formula is C13H11FO2. The summed E-state index contributed by atoms with van der Waals surface area (Å²) < 4.78 is 18.2. The summed E-state index contributed by atoms with van der Waals surface area (Å²) in [5, 5.41) is 9.44. The summed E-state index contributed by atoms with van der Waals surface area (Å²) in [6.45, 7) is 0.231. The standard InChI is InChI=1S/C13H11FO2/c14-11-5-3-4-10(8-11)9-16-13-7-2-1-6-12(13)15/h1-8,15H,9H2. The molecule has 16 heavy (non-hydrogen) atoms. The molecule has 2 rings (SSSR count). The quantitative estimate of drug-likeness (QED) is 0.857. The Kier molecular flexibility index (Phi) is 3.05. The molecule has 0 bridgehead atoms. The molecule has 0 saturated carbocycles. The molecule has 3 heteroatoms. The smallest absolute Gasteiger partial charge is 0.161 e. The molecule has 1 N–H and O–H groups in total. The van der Waals surface area contributed by atoms with Gasteiger partial charge in [0.25, 0.3) is 0 Å². The van der Waals surface area contributed by atoms with Crippen LogP contribution in [0.25, 0.3) is 0 Å². The number of hydrogen-bond acceptors (Lipinski definition) is 2. The van der Waals surface area contributed by atoms with Crippen LogP contribution in [0.5, 0.6) is 11.5 Å². The number of benzene rings is 2. The third-order valence-electron chi connectivity index (χ3n) is 2.15. The van der Waals surface area contributed by atoms with E-state index < -0.39 is 0 Å². The Morgan fingerprint density at radius 3 is 2.62 bits per heavy atom. The van der Waals surface area contributed by atoms with Crippen LogP contribution in [-0.4, -0.2) is 5.11 Å². The van der Waals surface area contributed by atoms with Crippen LogP contribution in [0.4, 0.5) is 4.39 Å². The van der Waals surface area contributed by atoms with Crippen LogP contribution in [0, 0.1) is 5.82 Å². The Bertz CT molecular complexity index is 483. The maximum Gasteiger partial charge on any atom is 0.161 e. The molecule has 0 aromatic heterocycles. The molecule has 0 amide bonds. The summed E-state index contributed by atoms with van der Waals surface area (Å²) in [5.41, 5.74) is 0.725. The second-order valence-electron chi connectivity index (χ2n) is 3.39. The molecule has 0 aliphatic carbocycles. The number of aromatic hydroxyl groups is 1. The van der Waals surface area contributed by atoms with Crippen LogP contribution in [0.15, 0.2) is 48.5 Å². The first-order valence-electron chi connectivity index (χ1n) is 4.91. The van der Waals surface area contributed by atoms with Gasteiger partial charge in [0.1, 0.15) is 12.4 Å². The predicted molar refractivity (Wildman–Crippen MR) is 58.8 cm³/mol. The van der Waals surface area contributed by atoms with Gasteiger partial charge in [-0.25, -0.2) is 4.39 Å². The summed E-state index contributed by atoms with van der Waals surface area (Å²) in [6.07, 6.45) is 0. The summed E-state index contributed by atoms with van der Waals surface area (Å²) >= 11 is 0. The highest BCUT2D eigenvalue weighted by Crippen LogP contribution is 2.25. The molecule has 0 atom stereocenters. The monoisotopic (exact) mass is 218 g/mol. The van der Waals surface area contributed by atoms with E-state index in [1.54, 1.807) is 36.4 Å². The lowest BCUT2D eigenvalue weighted by molar-refractivity contribution is 0.288. The average molecular weight is 218 g/mol. The van der Waals surface area contributed by atoms with Crippen LogP contribution >= 0.6 is 0 Å². The van der Waals surface area contributed by atoms with E-state index in [9.17, 15) is 9.50 Å². The highest BCUT2D eigenvalue weighted by Gasteiger charge is 2.01. The van der Waals surface area contributed by atoms with Crippen LogP contribution in [0.2, 0.25) is 0 Å². The van der Waals surface area contributed by atoms with Crippen molar-refractivity contribution in [1.29, 1.82) is 0 Å². The Balaban J connectivity index is 2.05. The van der Waals surface area contributed by atoms with Crippen molar-refractivity contribution in [2.75, 3.05) is 0 Å². The van der Waals surface area contributed by atoms with Gasteiger partial charge in [-0.1, -0.05) is 24.3 Å². The first-order valence-corrected chi connectivity index (χ1v) is 4.91. The minimum absolute atomic E-state index is 0.0823. The van der Waals surface area contributed by atoms with Crippen molar-refractivity contribution < 1.29 is 14.2 Å². The zero-order chi connectivity index (χ0) is 11.4. The van der Waals surface area contributed by atoms with Crippen molar-refractivity contribution in [2.24, 2.45) is 0 Å². The fourth-order valence-corrected chi connectivity index (χ4v) is 1.37. The normalized spacial score (nSPS) is 10.1. The maximum absolute atomic E-state index is 12.9. The lowest BCUT2D eigenvalue weighted by Gasteiger charge is -2.07. The summed E-state index contributed by atoms with van der Waals surface area (Å²) in [4.78, 5) is 0. The number of para-hydroxylation sites is 2. The van der Waals surface area contributed by atoms with E-state index in [0.29, 0.717) is 5.75 Å². The first-order chi connectivity index (χ1) is 7.75. The molecule has 0 saturated heterocycles. The molecule has 0 unspecified atom stereocenters. The van der Waals surface area contributed by atoms with Gasteiger partial charge in [0.2, 0.25) is 0 Å². The van der Waals surface area contributed by atoms with E-state index in [1.165, 1.54) is 12.1 Å². The SMILES string of the molecule is Oc1ccccc1OCc1cccc(F)c1. The minimum Gasteiger partial charge on any atom is -0.504 e. The van der Waals surface area contributed by atoms with Crippen molar-refractivity contribution in [2.45, 2.75) is 6.61 Å². The van der Waals surface area contributed by atoms with Gasteiger partial charge in [-0.3, -0.25) is 0 Å². The van der Waals surface area contributed by atoms with Crippen molar-refractivity contribution in [3.8, 4) is 11.5 Å². The molecular weight excluding hydrogens is 207 g/mol. The highest BCUT2D eigenvalue weighted by atomic mass is 19.1. The van der Waals surface area contributed by atoms with E-state index in [0.717, 1.165) is 5.56 Å². The summed E-state index contributed by atoms with van der Waals surface area (Å²) in [7, 11) is 0. The predicted octanol–water partition coefficient (Wildman–Crippen LogP) is 3.11. The van der Waals surface area contributed by atoms with E-state index in [4.69, 9.17) is 4.74 Å². The second kappa shape index (κ2) is 4.66. The molecule has 2 nitrogen and oxygen atoms in total. The Labute approximate surface area is 92.9 Å². The molecule has 0 fully saturated rings. The van der Waals surface area contributed by atoms with Crippen LogP contribution in [-0.2, 0) is 6.61 Å². The number of hydrogen-bond donors (Lipinski definition) is 1. The van der Waals surface area contributed by atoms with Crippen LogP contribution in [0.1, 0.15) is 5.56 Å². The van der Waals surface area contributed by atoms with Gasteiger partial charge in [0.15, 0.2) is 11.5 Å². The Morgan fingerprint density at radius 1 is 1.06 bits per heavy atom. The molecule has 0 aliphatic rings. The van der Waals surface area contributed by atoms with E-state index in [-0.39, 0.29) is 18.2 Å². The van der Waals surface area contributed by atoms with E-state index >= 15 is 0 Å². The second-order valence-corrected chi connectivity index (χ2v) is 3.39. The number of ether oxygens (including phenoxy) is 1. The van der Waals surface area contributed by atoms with Gasteiger partial charge in [0.05, 0.1) is 0 Å². The number of halogens is 1. The van der Waals surface area contributed by atoms with Crippen molar-refractivity contribution in [3.05, 3.63) is 59.9 Å². The maximum atomic E-state index is 12.9. The topological polar surface area (TPSA) is 29.5 Å². The largest absolute Gasteiger partial charge is 0.504 e. The molecule has 0 spiro atoms. The van der Waals surface area contributed by atoms with Crippen LogP contribution in [0.3, 0.4) is 0 Å². The number of phenolic OH excluding ortho intramolecular Hbond substituents is 1. The average Bonchev–Trinajstić information content (AvgIpc) is 2.28. The van der Waals surface area contributed by atoms with Gasteiger partial charge in [0, 0.05) is 0 Å². The molecule has 0 radical (unpaired) electrons. The molecule has 2 aromatic carbocycles. The number of rotatable bonds is 3. The van der Waals surface area contributed by atoms with Crippen molar-refractivity contribution in [1.82, 2.24) is 0 Å². The lowest BCUT2D eigenvalue weighted by atomic mass is 10.2. The fourth-order valence-electron chi connectivity index (χ4n) is 1.37. The third-order valence-corrected chi connectivity index (χ3v) is 2.15. The summed E-state index contributed by atoms with van der Waals surface area (Å²) in [5.74, 6) is 0.184.